The first kappa shape index (κ1) is 26.1. The molecule has 0 radical (unpaired) electrons. The maximum atomic E-state index is 12.9. The lowest BCUT2D eigenvalue weighted by molar-refractivity contribution is -0.124. The van der Waals surface area contributed by atoms with E-state index in [9.17, 15) is 24.0 Å². The van der Waals surface area contributed by atoms with E-state index in [0.29, 0.717) is 25.1 Å². The zero-order valence-electron chi connectivity index (χ0n) is 20.4. The molecule has 0 aliphatic carbocycles. The summed E-state index contributed by atoms with van der Waals surface area (Å²) in [5, 5.41) is 2.43. The van der Waals surface area contributed by atoms with Gasteiger partial charge in [-0.25, -0.2) is 4.79 Å². The molecule has 0 spiro atoms. The Morgan fingerprint density at radius 3 is 2.46 bits per heavy atom. The van der Waals surface area contributed by atoms with Gasteiger partial charge in [0.2, 0.25) is 5.91 Å². The molecule has 1 fully saturated rings. The molecular weight excluding hydrogens is 458 g/mol. The molecule has 0 saturated carbocycles. The van der Waals surface area contributed by atoms with Crippen molar-refractivity contribution in [2.24, 2.45) is 0 Å². The Bertz CT molecular complexity index is 997. The maximum Gasteiger partial charge on any atom is 0.410 e. The van der Waals surface area contributed by atoms with Crippen LogP contribution in [-0.4, -0.2) is 91.0 Å². The second-order valence-electron chi connectivity index (χ2n) is 9.29. The quantitative estimate of drug-likeness (QED) is 0.296. The number of rotatable bonds is 10. The molecule has 0 aromatic heterocycles. The van der Waals surface area contributed by atoms with Crippen molar-refractivity contribution >= 4 is 30.1 Å². The maximum absolute atomic E-state index is 12.9. The number of hydrogen-bond donors (Lipinski definition) is 1. The van der Waals surface area contributed by atoms with Crippen LogP contribution in [0.25, 0.3) is 0 Å². The van der Waals surface area contributed by atoms with Gasteiger partial charge in [-0.3, -0.25) is 19.3 Å². The van der Waals surface area contributed by atoms with Gasteiger partial charge in [-0.1, -0.05) is 0 Å². The zero-order valence-corrected chi connectivity index (χ0v) is 20.4. The SMILES string of the molecule is CNC(=O)C(CCC=O)N1C(=O)c2ccc(OCCOC3CN(C(=O)OC(C)(C)C)C3)cc2C1=O. The standard InChI is InChI=1S/C24H31N3O8/c1-24(2,3)35-23(32)26-13-16(14-26)34-11-10-33-15-7-8-17-18(12-15)22(31)27(21(17)30)19(6-5-9-28)20(29)25-4/h7-9,12,16,19H,5-6,10-11,13-14H2,1-4H3,(H,25,29). The zero-order chi connectivity index (χ0) is 25.8. The van der Waals surface area contributed by atoms with Gasteiger partial charge in [0, 0.05) is 13.5 Å². The largest absolute Gasteiger partial charge is 0.491 e. The second-order valence-corrected chi connectivity index (χ2v) is 9.29. The third-order valence-corrected chi connectivity index (χ3v) is 5.51. The fourth-order valence-corrected chi connectivity index (χ4v) is 3.77. The van der Waals surface area contributed by atoms with E-state index in [0.717, 1.165) is 4.90 Å². The number of hydrogen-bond acceptors (Lipinski definition) is 8. The fourth-order valence-electron chi connectivity index (χ4n) is 3.77. The number of benzene rings is 1. The molecule has 3 rings (SSSR count). The molecular formula is C24H31N3O8. The first-order chi connectivity index (χ1) is 16.6. The molecule has 2 aliphatic rings. The third-order valence-electron chi connectivity index (χ3n) is 5.51. The van der Waals surface area contributed by atoms with Gasteiger partial charge in [0.15, 0.2) is 0 Å². The molecule has 11 heteroatoms. The van der Waals surface area contributed by atoms with E-state index in [1.165, 1.54) is 19.2 Å². The van der Waals surface area contributed by atoms with Crippen LogP contribution >= 0.6 is 0 Å². The highest BCUT2D eigenvalue weighted by Crippen LogP contribution is 2.29. The van der Waals surface area contributed by atoms with E-state index in [1.807, 2.05) is 20.8 Å². The van der Waals surface area contributed by atoms with Crippen LogP contribution in [0.1, 0.15) is 54.3 Å². The second kappa shape index (κ2) is 10.9. The summed E-state index contributed by atoms with van der Waals surface area (Å²) in [5.41, 5.74) is -0.232. The fraction of sp³-hybridized carbons (Fsp3) is 0.542. The number of nitrogens with one attached hydrogen (secondary N) is 1. The number of amides is 4. The Labute approximate surface area is 203 Å². The topological polar surface area (TPSA) is 132 Å². The highest BCUT2D eigenvalue weighted by molar-refractivity contribution is 6.23. The number of imide groups is 1. The Balaban J connectivity index is 1.50. The van der Waals surface area contributed by atoms with Gasteiger partial charge >= 0.3 is 6.09 Å². The number of carbonyl (C=O) groups is 5. The summed E-state index contributed by atoms with van der Waals surface area (Å²) < 4.78 is 16.7. The lowest BCUT2D eigenvalue weighted by Gasteiger charge is -2.39. The molecule has 2 heterocycles. The van der Waals surface area contributed by atoms with Crippen LogP contribution in [0.2, 0.25) is 0 Å². The molecule has 1 N–H and O–H groups in total. The molecule has 0 bridgehead atoms. The summed E-state index contributed by atoms with van der Waals surface area (Å²) in [6.07, 6.45) is 0.246. The molecule has 4 amide bonds. The number of nitrogens with zero attached hydrogens (tertiary/aromatic N) is 2. The normalized spacial score (nSPS) is 16.5. The van der Waals surface area contributed by atoms with E-state index >= 15 is 0 Å². The van der Waals surface area contributed by atoms with Crippen LogP contribution in [0.3, 0.4) is 0 Å². The summed E-state index contributed by atoms with van der Waals surface area (Å²) in [7, 11) is 1.40. The average molecular weight is 490 g/mol. The third kappa shape index (κ3) is 6.16. The van der Waals surface area contributed by atoms with Crippen LogP contribution in [0, 0.1) is 0 Å². The predicted octanol–water partition coefficient (Wildman–Crippen LogP) is 1.39. The van der Waals surface area contributed by atoms with Crippen LogP contribution in [-0.2, 0) is 19.1 Å². The monoisotopic (exact) mass is 489 g/mol. The Morgan fingerprint density at radius 1 is 1.14 bits per heavy atom. The van der Waals surface area contributed by atoms with Crippen molar-refractivity contribution in [2.45, 2.75) is 51.4 Å². The van der Waals surface area contributed by atoms with Gasteiger partial charge in [-0.05, 0) is 45.4 Å². The van der Waals surface area contributed by atoms with E-state index in [4.69, 9.17) is 14.2 Å². The molecule has 1 atom stereocenters. The molecule has 2 aliphatic heterocycles. The lowest BCUT2D eigenvalue weighted by atomic mass is 10.1. The van der Waals surface area contributed by atoms with E-state index in [2.05, 4.69) is 5.32 Å². The summed E-state index contributed by atoms with van der Waals surface area (Å²) in [6, 6.07) is 3.44. The van der Waals surface area contributed by atoms with Crippen molar-refractivity contribution in [3.8, 4) is 5.75 Å². The van der Waals surface area contributed by atoms with Crippen molar-refractivity contribution in [1.29, 1.82) is 0 Å². The molecule has 1 aromatic rings. The summed E-state index contributed by atoms with van der Waals surface area (Å²) in [4.78, 5) is 63.2. The van der Waals surface area contributed by atoms with Crippen molar-refractivity contribution in [3.05, 3.63) is 29.3 Å². The molecule has 1 saturated heterocycles. The smallest absolute Gasteiger partial charge is 0.410 e. The lowest BCUT2D eigenvalue weighted by Crippen LogP contribution is -2.56. The number of likely N-dealkylation sites (tertiary alicyclic amines) is 1. The van der Waals surface area contributed by atoms with Crippen molar-refractivity contribution < 1.29 is 38.2 Å². The number of likely N-dealkylation sites (N-methyl/N-ethyl adjacent to an activating group) is 1. The van der Waals surface area contributed by atoms with Gasteiger partial charge in [-0.2, -0.15) is 0 Å². The van der Waals surface area contributed by atoms with Crippen molar-refractivity contribution in [1.82, 2.24) is 15.1 Å². The predicted molar refractivity (Wildman–Crippen MR) is 123 cm³/mol. The summed E-state index contributed by atoms with van der Waals surface area (Å²) in [6.45, 7) is 6.78. The Kier molecular flexibility index (Phi) is 8.11. The van der Waals surface area contributed by atoms with Gasteiger partial charge < -0.3 is 29.2 Å². The highest BCUT2D eigenvalue weighted by Gasteiger charge is 2.42. The first-order valence-corrected chi connectivity index (χ1v) is 11.4. The minimum absolute atomic E-state index is 0.0381. The first-order valence-electron chi connectivity index (χ1n) is 11.4. The van der Waals surface area contributed by atoms with Crippen molar-refractivity contribution in [2.75, 3.05) is 33.4 Å². The van der Waals surface area contributed by atoms with Gasteiger partial charge in [0.25, 0.3) is 11.8 Å². The molecule has 35 heavy (non-hydrogen) atoms. The van der Waals surface area contributed by atoms with E-state index in [1.54, 1.807) is 11.0 Å². The van der Waals surface area contributed by atoms with Gasteiger partial charge in [0.05, 0.1) is 36.9 Å². The van der Waals surface area contributed by atoms with Crippen LogP contribution in [0.15, 0.2) is 18.2 Å². The van der Waals surface area contributed by atoms with Crippen molar-refractivity contribution in [3.63, 3.8) is 0 Å². The number of carbonyl (C=O) groups excluding carboxylic acids is 5. The summed E-state index contributed by atoms with van der Waals surface area (Å²) in [5.74, 6) is -1.33. The molecule has 1 aromatic carbocycles. The number of fused-ring (bicyclic) bond motifs is 1. The minimum Gasteiger partial charge on any atom is -0.491 e. The van der Waals surface area contributed by atoms with Crippen LogP contribution in [0.4, 0.5) is 4.79 Å². The Hall–Kier alpha value is -3.47. The summed E-state index contributed by atoms with van der Waals surface area (Å²) >= 11 is 0. The molecule has 11 nitrogen and oxygen atoms in total. The van der Waals surface area contributed by atoms with Gasteiger partial charge in [0.1, 0.15) is 30.3 Å². The molecule has 190 valence electrons. The number of ether oxygens (including phenoxy) is 3. The molecule has 1 unspecified atom stereocenters. The van der Waals surface area contributed by atoms with E-state index in [-0.39, 0.29) is 49.4 Å². The van der Waals surface area contributed by atoms with E-state index < -0.39 is 29.4 Å². The van der Waals surface area contributed by atoms with Gasteiger partial charge in [-0.15, -0.1) is 0 Å². The highest BCUT2D eigenvalue weighted by atomic mass is 16.6. The van der Waals surface area contributed by atoms with Crippen LogP contribution < -0.4 is 10.1 Å². The Morgan fingerprint density at radius 2 is 1.83 bits per heavy atom. The van der Waals surface area contributed by atoms with Crippen LogP contribution in [0.5, 0.6) is 5.75 Å². The average Bonchev–Trinajstić information content (AvgIpc) is 3.01. The number of aldehydes is 1. The minimum atomic E-state index is -1.07.